The summed E-state index contributed by atoms with van der Waals surface area (Å²) < 4.78 is 40.2. The lowest BCUT2D eigenvalue weighted by Crippen LogP contribution is -2.44. The molecule has 3 N–H and O–H groups in total. The number of fused-ring (bicyclic) bond motifs is 1. The summed E-state index contributed by atoms with van der Waals surface area (Å²) in [5, 5.41) is 2.50. The summed E-state index contributed by atoms with van der Waals surface area (Å²) in [6, 6.07) is 4.95. The van der Waals surface area contributed by atoms with Gasteiger partial charge in [-0.2, -0.15) is 0 Å². The largest absolute Gasteiger partial charge is 0.489 e. The number of benzene rings is 1. The number of nitrogens with two attached hydrogens (primary N) is 1. The van der Waals surface area contributed by atoms with Gasteiger partial charge in [-0.15, -0.1) is 0 Å². The van der Waals surface area contributed by atoms with E-state index in [2.05, 4.69) is 5.32 Å². The van der Waals surface area contributed by atoms with E-state index in [-0.39, 0.29) is 37.9 Å². The Morgan fingerprint density at radius 1 is 1.43 bits per heavy atom. The standard InChI is InChI=1S/C18H24FN3O5S/c1-28(25,26)7-5-21-17(23)11-22-6-4-14-8-15(2-3-16(14)18(22)24)27-12-13(9-19)10-20/h2-3,8-9H,4-7,10-12,20H2,1H3,(H,21,23)/b13-9-. The van der Waals surface area contributed by atoms with Gasteiger partial charge in [0, 0.05) is 37.0 Å². The van der Waals surface area contributed by atoms with Crippen molar-refractivity contribution in [1.29, 1.82) is 0 Å². The molecule has 0 saturated carbocycles. The second-order valence-corrected chi connectivity index (χ2v) is 8.80. The number of hydrogen-bond acceptors (Lipinski definition) is 6. The van der Waals surface area contributed by atoms with Gasteiger partial charge in [0.25, 0.3) is 5.91 Å². The van der Waals surface area contributed by atoms with E-state index in [4.69, 9.17) is 10.5 Å². The molecule has 1 aliphatic rings. The van der Waals surface area contributed by atoms with E-state index in [1.54, 1.807) is 18.2 Å². The zero-order valence-electron chi connectivity index (χ0n) is 15.6. The lowest BCUT2D eigenvalue weighted by atomic mass is 9.98. The van der Waals surface area contributed by atoms with Gasteiger partial charge in [0.05, 0.1) is 18.6 Å². The molecule has 8 nitrogen and oxygen atoms in total. The molecule has 0 aromatic heterocycles. The number of carbonyl (C=O) groups excluding carboxylic acids is 2. The van der Waals surface area contributed by atoms with Crippen LogP contribution in [0.25, 0.3) is 0 Å². The lowest BCUT2D eigenvalue weighted by molar-refractivity contribution is -0.121. The van der Waals surface area contributed by atoms with Crippen molar-refractivity contribution in [1.82, 2.24) is 10.2 Å². The van der Waals surface area contributed by atoms with Crippen molar-refractivity contribution in [2.45, 2.75) is 6.42 Å². The molecule has 10 heteroatoms. The van der Waals surface area contributed by atoms with Crippen molar-refractivity contribution >= 4 is 21.7 Å². The highest BCUT2D eigenvalue weighted by molar-refractivity contribution is 7.90. The molecule has 1 heterocycles. The molecule has 0 radical (unpaired) electrons. The second-order valence-electron chi connectivity index (χ2n) is 6.54. The fraction of sp³-hybridized carbons (Fsp3) is 0.444. The van der Waals surface area contributed by atoms with E-state index in [1.165, 1.54) is 4.90 Å². The number of carbonyl (C=O) groups is 2. The molecule has 0 fully saturated rings. The number of rotatable bonds is 9. The molecule has 28 heavy (non-hydrogen) atoms. The summed E-state index contributed by atoms with van der Waals surface area (Å²) >= 11 is 0. The van der Waals surface area contributed by atoms with Crippen molar-refractivity contribution in [2.75, 3.05) is 44.8 Å². The van der Waals surface area contributed by atoms with E-state index < -0.39 is 15.7 Å². The number of nitrogens with one attached hydrogen (secondary N) is 1. The molecule has 1 aromatic carbocycles. The van der Waals surface area contributed by atoms with Crippen LogP contribution >= 0.6 is 0 Å². The first kappa shape index (κ1) is 21.8. The fourth-order valence-electron chi connectivity index (χ4n) is 2.67. The van der Waals surface area contributed by atoms with Gasteiger partial charge < -0.3 is 20.7 Å². The van der Waals surface area contributed by atoms with Crippen LogP contribution in [0.2, 0.25) is 0 Å². The molecule has 1 aliphatic heterocycles. The van der Waals surface area contributed by atoms with Crippen molar-refractivity contribution in [3.8, 4) is 5.75 Å². The number of hydrogen-bond donors (Lipinski definition) is 2. The van der Waals surface area contributed by atoms with Gasteiger partial charge in [-0.1, -0.05) is 0 Å². The first-order valence-corrected chi connectivity index (χ1v) is 10.8. The molecule has 0 unspecified atom stereocenters. The zero-order valence-corrected chi connectivity index (χ0v) is 16.4. The van der Waals surface area contributed by atoms with E-state index >= 15 is 0 Å². The summed E-state index contributed by atoms with van der Waals surface area (Å²) in [6.07, 6.45) is 2.05. The number of sulfone groups is 1. The van der Waals surface area contributed by atoms with Gasteiger partial charge in [-0.05, 0) is 30.2 Å². The number of halogens is 1. The topological polar surface area (TPSA) is 119 Å². The average Bonchev–Trinajstić information content (AvgIpc) is 2.64. The molecule has 2 rings (SSSR count). The molecule has 0 saturated heterocycles. The third kappa shape index (κ3) is 6.31. The molecule has 0 aliphatic carbocycles. The molecule has 1 aromatic rings. The minimum Gasteiger partial charge on any atom is -0.489 e. The number of ether oxygens (including phenoxy) is 1. The first-order chi connectivity index (χ1) is 13.2. The van der Waals surface area contributed by atoms with Crippen molar-refractivity contribution in [3.05, 3.63) is 41.2 Å². The number of nitrogens with zero attached hydrogens (tertiary/aromatic N) is 1. The van der Waals surface area contributed by atoms with Gasteiger partial charge in [-0.3, -0.25) is 9.59 Å². The van der Waals surface area contributed by atoms with Gasteiger partial charge >= 0.3 is 0 Å². The van der Waals surface area contributed by atoms with Crippen LogP contribution in [0.1, 0.15) is 15.9 Å². The van der Waals surface area contributed by atoms with Crippen LogP contribution in [0.4, 0.5) is 4.39 Å². The molecular weight excluding hydrogens is 389 g/mol. The molecule has 2 amide bonds. The highest BCUT2D eigenvalue weighted by atomic mass is 32.2. The summed E-state index contributed by atoms with van der Waals surface area (Å²) in [5.41, 5.74) is 6.96. The van der Waals surface area contributed by atoms with Crippen LogP contribution in [0.5, 0.6) is 5.75 Å². The van der Waals surface area contributed by atoms with Crippen molar-refractivity contribution in [3.63, 3.8) is 0 Å². The molecule has 0 atom stereocenters. The van der Waals surface area contributed by atoms with Crippen LogP contribution < -0.4 is 15.8 Å². The summed E-state index contributed by atoms with van der Waals surface area (Å²) in [6.45, 7) is 0.310. The van der Waals surface area contributed by atoms with Crippen molar-refractivity contribution in [2.24, 2.45) is 5.73 Å². The van der Waals surface area contributed by atoms with Gasteiger partial charge in [0.1, 0.15) is 22.2 Å². The van der Waals surface area contributed by atoms with E-state index in [9.17, 15) is 22.4 Å². The Balaban J connectivity index is 1.94. The maximum Gasteiger partial charge on any atom is 0.254 e. The monoisotopic (exact) mass is 413 g/mol. The Bertz CT molecular complexity index is 870. The van der Waals surface area contributed by atoms with E-state index in [1.807, 2.05) is 0 Å². The minimum absolute atomic E-state index is 0.00903. The maximum atomic E-state index is 12.6. The Hall–Kier alpha value is -2.46. The summed E-state index contributed by atoms with van der Waals surface area (Å²) in [7, 11) is -3.16. The zero-order chi connectivity index (χ0) is 20.7. The third-order valence-corrected chi connectivity index (χ3v) is 5.16. The average molecular weight is 413 g/mol. The summed E-state index contributed by atoms with van der Waals surface area (Å²) in [4.78, 5) is 26.0. The molecule has 0 bridgehead atoms. The van der Waals surface area contributed by atoms with Crippen LogP contribution in [-0.2, 0) is 21.1 Å². The smallest absolute Gasteiger partial charge is 0.254 e. The Labute approximate surface area is 163 Å². The highest BCUT2D eigenvalue weighted by Crippen LogP contribution is 2.24. The van der Waals surface area contributed by atoms with E-state index in [0.29, 0.717) is 36.2 Å². The Morgan fingerprint density at radius 2 is 2.18 bits per heavy atom. The number of amides is 2. The Morgan fingerprint density at radius 3 is 2.82 bits per heavy atom. The van der Waals surface area contributed by atoms with Gasteiger partial charge in [0.2, 0.25) is 5.91 Å². The maximum absolute atomic E-state index is 12.6. The fourth-order valence-corrected chi connectivity index (χ4v) is 3.14. The van der Waals surface area contributed by atoms with Crippen LogP contribution in [0.3, 0.4) is 0 Å². The van der Waals surface area contributed by atoms with Crippen LogP contribution in [0, 0.1) is 0 Å². The molecule has 0 spiro atoms. The van der Waals surface area contributed by atoms with E-state index in [0.717, 1.165) is 11.8 Å². The van der Waals surface area contributed by atoms with Crippen LogP contribution in [0.15, 0.2) is 30.1 Å². The quantitative estimate of drug-likeness (QED) is 0.590. The minimum atomic E-state index is -3.16. The third-order valence-electron chi connectivity index (χ3n) is 4.22. The predicted octanol–water partition coefficient (Wildman–Crippen LogP) is 0.0366. The van der Waals surface area contributed by atoms with Crippen molar-refractivity contribution < 1.29 is 27.1 Å². The lowest BCUT2D eigenvalue weighted by Gasteiger charge is -2.28. The molecule has 154 valence electrons. The SMILES string of the molecule is CS(=O)(=O)CCNC(=O)CN1CCc2cc(OC/C(=C\F)CN)ccc2C1=O. The first-order valence-electron chi connectivity index (χ1n) is 8.71. The predicted molar refractivity (Wildman–Crippen MR) is 103 cm³/mol. The second kappa shape index (κ2) is 9.65. The Kier molecular flexibility index (Phi) is 7.53. The highest BCUT2D eigenvalue weighted by Gasteiger charge is 2.26. The van der Waals surface area contributed by atoms with Crippen LogP contribution in [-0.4, -0.2) is 69.9 Å². The summed E-state index contributed by atoms with van der Waals surface area (Å²) in [5.74, 6) is -0.335. The molecular formula is C18H24FN3O5S. The van der Waals surface area contributed by atoms with Gasteiger partial charge in [0.15, 0.2) is 0 Å². The van der Waals surface area contributed by atoms with Gasteiger partial charge in [-0.25, -0.2) is 12.8 Å². The normalized spacial score (nSPS) is 14.6.